The van der Waals surface area contributed by atoms with Crippen LogP contribution in [0, 0.1) is 0 Å². The molecule has 0 saturated carbocycles. The van der Waals surface area contributed by atoms with Crippen molar-refractivity contribution >= 4 is 5.97 Å². The van der Waals surface area contributed by atoms with Crippen molar-refractivity contribution in [3.63, 3.8) is 0 Å². The molecule has 1 fully saturated rings. The summed E-state index contributed by atoms with van der Waals surface area (Å²) in [6, 6.07) is 0. The summed E-state index contributed by atoms with van der Waals surface area (Å²) in [5, 5.41) is 19.8. The number of tetrazole rings is 1. The second kappa shape index (κ2) is 5.72. The molecule has 0 aliphatic carbocycles. The maximum Gasteiger partial charge on any atom is 0.311 e. The summed E-state index contributed by atoms with van der Waals surface area (Å²) >= 11 is 0. The highest BCUT2D eigenvalue weighted by atomic mass is 16.4. The van der Waals surface area contributed by atoms with E-state index in [0.29, 0.717) is 12.4 Å². The van der Waals surface area contributed by atoms with Gasteiger partial charge in [-0.15, -0.1) is 5.10 Å². The van der Waals surface area contributed by atoms with Crippen LogP contribution in [0.2, 0.25) is 0 Å². The molecule has 1 saturated heterocycles. The smallest absolute Gasteiger partial charge is 0.311 e. The van der Waals surface area contributed by atoms with E-state index in [2.05, 4.69) is 20.4 Å². The van der Waals surface area contributed by atoms with E-state index in [1.54, 1.807) is 4.68 Å². The molecule has 7 nitrogen and oxygen atoms in total. The number of aromatic nitrogens is 4. The summed E-state index contributed by atoms with van der Waals surface area (Å²) in [5.41, 5.74) is 0. The van der Waals surface area contributed by atoms with Crippen molar-refractivity contribution < 1.29 is 9.90 Å². The number of piperidine rings is 1. The van der Waals surface area contributed by atoms with Crippen LogP contribution < -0.4 is 0 Å². The van der Waals surface area contributed by atoms with Gasteiger partial charge in [-0.1, -0.05) is 6.42 Å². The van der Waals surface area contributed by atoms with E-state index in [0.717, 1.165) is 19.6 Å². The monoisotopic (exact) mass is 239 g/mol. The third kappa shape index (κ3) is 3.48. The number of aliphatic carboxylic acids is 1. The van der Waals surface area contributed by atoms with Gasteiger partial charge in [0.1, 0.15) is 6.42 Å². The van der Waals surface area contributed by atoms with Crippen LogP contribution in [0.15, 0.2) is 0 Å². The Bertz CT molecular complexity index is 373. The first-order valence-electron chi connectivity index (χ1n) is 5.95. The maximum absolute atomic E-state index is 10.6. The molecule has 1 aliphatic rings. The highest BCUT2D eigenvalue weighted by Gasteiger charge is 2.13. The summed E-state index contributed by atoms with van der Waals surface area (Å²) in [6.45, 7) is 3.79. The Morgan fingerprint density at radius 2 is 2.00 bits per heavy atom. The van der Waals surface area contributed by atoms with E-state index in [1.165, 1.54) is 19.3 Å². The molecule has 94 valence electrons. The summed E-state index contributed by atoms with van der Waals surface area (Å²) in [4.78, 5) is 13.0. The quantitative estimate of drug-likeness (QED) is 0.765. The Kier molecular flexibility index (Phi) is 4.03. The number of hydrogen-bond acceptors (Lipinski definition) is 5. The summed E-state index contributed by atoms with van der Waals surface area (Å²) in [6.07, 6.45) is 3.69. The van der Waals surface area contributed by atoms with Crippen LogP contribution in [0.25, 0.3) is 0 Å². The highest BCUT2D eigenvalue weighted by molar-refractivity contribution is 5.68. The van der Waals surface area contributed by atoms with E-state index in [1.807, 2.05) is 0 Å². The third-order valence-electron chi connectivity index (χ3n) is 2.99. The number of rotatable bonds is 5. The van der Waals surface area contributed by atoms with Gasteiger partial charge in [0.15, 0.2) is 5.82 Å². The van der Waals surface area contributed by atoms with Crippen molar-refractivity contribution in [2.75, 3.05) is 19.6 Å². The molecule has 1 aromatic heterocycles. The SMILES string of the molecule is O=C(O)Cc1nnnn1CCN1CCCCC1. The molecule has 0 aromatic carbocycles. The van der Waals surface area contributed by atoms with Crippen LogP contribution in [0.5, 0.6) is 0 Å². The molecule has 2 heterocycles. The van der Waals surface area contributed by atoms with Gasteiger partial charge in [-0.3, -0.25) is 4.79 Å². The highest BCUT2D eigenvalue weighted by Crippen LogP contribution is 2.08. The predicted molar refractivity (Wildman–Crippen MR) is 59.4 cm³/mol. The van der Waals surface area contributed by atoms with Gasteiger partial charge in [0.05, 0.1) is 6.54 Å². The Balaban J connectivity index is 1.85. The van der Waals surface area contributed by atoms with Crippen LogP contribution in [-0.2, 0) is 17.8 Å². The molecule has 0 spiro atoms. The number of carbonyl (C=O) groups is 1. The van der Waals surface area contributed by atoms with Crippen molar-refractivity contribution in [2.45, 2.75) is 32.2 Å². The lowest BCUT2D eigenvalue weighted by Gasteiger charge is -2.26. The molecular formula is C10H17N5O2. The fourth-order valence-corrected chi connectivity index (χ4v) is 2.08. The minimum absolute atomic E-state index is 0.118. The van der Waals surface area contributed by atoms with Crippen LogP contribution in [0.1, 0.15) is 25.1 Å². The molecule has 17 heavy (non-hydrogen) atoms. The van der Waals surface area contributed by atoms with Gasteiger partial charge in [0, 0.05) is 6.54 Å². The average molecular weight is 239 g/mol. The van der Waals surface area contributed by atoms with E-state index in [-0.39, 0.29) is 6.42 Å². The summed E-state index contributed by atoms with van der Waals surface area (Å²) < 4.78 is 1.59. The minimum atomic E-state index is -0.904. The fraction of sp³-hybridized carbons (Fsp3) is 0.800. The molecule has 0 amide bonds. The van der Waals surface area contributed by atoms with E-state index >= 15 is 0 Å². The first kappa shape index (κ1) is 12.0. The molecule has 1 aromatic rings. The molecule has 0 unspecified atom stereocenters. The molecule has 1 aliphatic heterocycles. The number of hydrogen-bond donors (Lipinski definition) is 1. The lowest BCUT2D eigenvalue weighted by atomic mass is 10.1. The lowest BCUT2D eigenvalue weighted by Crippen LogP contribution is -2.33. The van der Waals surface area contributed by atoms with Crippen molar-refractivity contribution in [1.82, 2.24) is 25.1 Å². The number of likely N-dealkylation sites (tertiary alicyclic amines) is 1. The zero-order valence-corrected chi connectivity index (χ0v) is 9.75. The first-order valence-corrected chi connectivity index (χ1v) is 5.95. The molecule has 1 N–H and O–H groups in total. The molecule has 7 heteroatoms. The van der Waals surface area contributed by atoms with Gasteiger partial charge in [0.2, 0.25) is 0 Å². The number of carboxylic acid groups (broad SMARTS) is 1. The normalized spacial score (nSPS) is 17.2. The van der Waals surface area contributed by atoms with Gasteiger partial charge in [-0.05, 0) is 36.4 Å². The maximum atomic E-state index is 10.6. The van der Waals surface area contributed by atoms with Gasteiger partial charge >= 0.3 is 5.97 Å². The van der Waals surface area contributed by atoms with Crippen molar-refractivity contribution in [3.8, 4) is 0 Å². The molecule has 0 atom stereocenters. The Labute approximate surface area is 99.4 Å². The van der Waals surface area contributed by atoms with E-state index in [9.17, 15) is 4.79 Å². The number of nitrogens with zero attached hydrogens (tertiary/aromatic N) is 5. The van der Waals surface area contributed by atoms with Crippen molar-refractivity contribution in [3.05, 3.63) is 5.82 Å². The molecule has 0 bridgehead atoms. The Morgan fingerprint density at radius 1 is 1.24 bits per heavy atom. The third-order valence-corrected chi connectivity index (χ3v) is 2.99. The second-order valence-electron chi connectivity index (χ2n) is 4.29. The largest absolute Gasteiger partial charge is 0.481 e. The molecule has 0 radical (unpaired) electrons. The second-order valence-corrected chi connectivity index (χ2v) is 4.29. The average Bonchev–Trinajstić information content (AvgIpc) is 2.74. The summed E-state index contributed by atoms with van der Waals surface area (Å²) in [7, 11) is 0. The summed E-state index contributed by atoms with van der Waals surface area (Å²) in [5.74, 6) is -0.478. The van der Waals surface area contributed by atoms with Crippen molar-refractivity contribution in [2.24, 2.45) is 0 Å². The Morgan fingerprint density at radius 3 is 2.71 bits per heavy atom. The lowest BCUT2D eigenvalue weighted by molar-refractivity contribution is -0.136. The van der Waals surface area contributed by atoms with E-state index in [4.69, 9.17) is 5.11 Å². The van der Waals surface area contributed by atoms with Gasteiger partial charge in [0.25, 0.3) is 0 Å². The minimum Gasteiger partial charge on any atom is -0.481 e. The zero-order chi connectivity index (χ0) is 12.1. The van der Waals surface area contributed by atoms with Gasteiger partial charge in [-0.25, -0.2) is 4.68 Å². The van der Waals surface area contributed by atoms with Gasteiger partial charge in [-0.2, -0.15) is 0 Å². The molecule has 2 rings (SSSR count). The first-order chi connectivity index (χ1) is 8.25. The predicted octanol–water partition coefficient (Wildman–Crippen LogP) is -0.214. The number of carboxylic acids is 1. The van der Waals surface area contributed by atoms with Gasteiger partial charge < -0.3 is 10.0 Å². The van der Waals surface area contributed by atoms with Crippen LogP contribution in [0.4, 0.5) is 0 Å². The Hall–Kier alpha value is -1.50. The standard InChI is InChI=1S/C10H17N5O2/c16-10(17)8-9-11-12-13-15(9)7-6-14-4-2-1-3-5-14/h1-8H2,(H,16,17). The van der Waals surface area contributed by atoms with E-state index < -0.39 is 5.97 Å². The van der Waals surface area contributed by atoms with Crippen molar-refractivity contribution in [1.29, 1.82) is 0 Å². The fourth-order valence-electron chi connectivity index (χ4n) is 2.08. The van der Waals surface area contributed by atoms with Crippen LogP contribution in [0.3, 0.4) is 0 Å². The zero-order valence-electron chi connectivity index (χ0n) is 9.75. The van der Waals surface area contributed by atoms with Crippen LogP contribution >= 0.6 is 0 Å². The van der Waals surface area contributed by atoms with Crippen LogP contribution in [-0.4, -0.2) is 55.8 Å². The topological polar surface area (TPSA) is 84.1 Å². The molecular weight excluding hydrogens is 222 g/mol.